The molecule has 0 unspecified atom stereocenters. The Morgan fingerprint density at radius 1 is 0.766 bits per heavy atom. The standard InChI is InChI=1S/C24H27FN6O2.C14H8ClFN4.C10H20N2O2.C8H19N.CH4/c1-24(2,3)33-23(32)28-19-6-5-11-30(14-19)22-29-20-12-16(25)7-10-21(20)31(22)15-18-9-8-17(26-4)13-27-18;1-17-10-3-4-11(18-7-10)8-20-13-5-2-9(16)6-12(13)19-14(20)15;1-10(2,3)14-9(13)12-8-5-4-6-11-7-8;1-6-9(7(2)3)8(4)5;/h7-10,12-13,19H,5-6,11,14-15H2,1-3H3,(H,28,32);2-7H,8H2;8,11H,4-7H2,1-3H3,(H,12,13);7-8H,6H2,1-5H3;1H4/t19-;;8-;;/m0.0../s1. The van der Waals surface area contributed by atoms with Gasteiger partial charge >= 0.3 is 12.2 Å². The van der Waals surface area contributed by atoms with Gasteiger partial charge in [0.05, 0.1) is 59.7 Å². The van der Waals surface area contributed by atoms with Crippen LogP contribution in [-0.4, -0.2) is 114 Å². The number of rotatable bonds is 10. The summed E-state index contributed by atoms with van der Waals surface area (Å²) in [6.45, 7) is 41.5. The van der Waals surface area contributed by atoms with E-state index in [1.807, 2.05) is 52.2 Å². The summed E-state index contributed by atoms with van der Waals surface area (Å²) in [5, 5.41) is 9.32. The van der Waals surface area contributed by atoms with E-state index < -0.39 is 17.3 Å². The van der Waals surface area contributed by atoms with Crippen LogP contribution in [0.5, 0.6) is 0 Å². The number of aromatic nitrogens is 6. The number of alkyl carbamates (subject to hydrolysis) is 2. The third-order valence-corrected chi connectivity index (χ3v) is 12.3. The second-order valence-electron chi connectivity index (χ2n) is 21.1. The van der Waals surface area contributed by atoms with E-state index in [0.29, 0.717) is 60.1 Å². The van der Waals surface area contributed by atoms with Crippen molar-refractivity contribution in [1.29, 1.82) is 0 Å². The molecule has 0 saturated carbocycles. The van der Waals surface area contributed by atoms with Crippen molar-refractivity contribution in [3.05, 3.63) is 124 Å². The van der Waals surface area contributed by atoms with Crippen LogP contribution in [-0.2, 0) is 22.6 Å². The van der Waals surface area contributed by atoms with Gasteiger partial charge in [0, 0.05) is 68.3 Å². The van der Waals surface area contributed by atoms with Gasteiger partial charge in [0.2, 0.25) is 22.6 Å². The number of pyridine rings is 2. The van der Waals surface area contributed by atoms with E-state index in [2.05, 4.69) is 85.0 Å². The lowest BCUT2D eigenvalue weighted by atomic mass is 10.1. The number of hydrogen-bond donors (Lipinski definition) is 3. The van der Waals surface area contributed by atoms with Crippen molar-refractivity contribution in [3.8, 4) is 0 Å². The molecule has 2 atom stereocenters. The highest BCUT2D eigenvalue weighted by atomic mass is 35.5. The Morgan fingerprint density at radius 2 is 1.26 bits per heavy atom. The Kier molecular flexibility index (Phi) is 23.6. The zero-order chi connectivity index (χ0) is 55.7. The maximum atomic E-state index is 13.9. The summed E-state index contributed by atoms with van der Waals surface area (Å²) < 4.78 is 41.4. The van der Waals surface area contributed by atoms with Crippen LogP contribution in [0.2, 0.25) is 5.28 Å². The molecule has 2 aromatic carbocycles. The topological polar surface area (TPSA) is 165 Å². The first-order valence-corrected chi connectivity index (χ1v) is 26.2. The van der Waals surface area contributed by atoms with Gasteiger partial charge in [0.25, 0.3) is 0 Å². The lowest BCUT2D eigenvalue weighted by molar-refractivity contribution is 0.0486. The molecule has 0 radical (unpaired) electrons. The van der Waals surface area contributed by atoms with E-state index in [-0.39, 0.29) is 42.5 Å². The molecule has 2 fully saturated rings. The molecule has 0 bridgehead atoms. The minimum atomic E-state index is -0.563. The van der Waals surface area contributed by atoms with Crippen molar-refractivity contribution in [2.75, 3.05) is 37.6 Å². The van der Waals surface area contributed by atoms with Crippen LogP contribution in [0.15, 0.2) is 73.1 Å². The van der Waals surface area contributed by atoms with Crippen molar-refractivity contribution in [2.45, 2.75) is 158 Å². The molecule has 0 spiro atoms. The molecule has 4 aromatic heterocycles. The van der Waals surface area contributed by atoms with Gasteiger partial charge < -0.3 is 39.5 Å². The number of hydrogen-bond acceptors (Lipinski definition) is 11. The molecule has 2 aliphatic heterocycles. The van der Waals surface area contributed by atoms with Crippen LogP contribution in [0.4, 0.5) is 35.7 Å². The number of fused-ring (bicyclic) bond motifs is 2. The summed E-state index contributed by atoms with van der Waals surface area (Å²) in [7, 11) is 0. The number of halogens is 3. The molecular weight excluding hydrogens is 1000 g/mol. The number of nitrogens with one attached hydrogen (secondary N) is 3. The van der Waals surface area contributed by atoms with Crippen molar-refractivity contribution >= 4 is 63.2 Å². The van der Waals surface area contributed by atoms with E-state index in [4.69, 9.17) is 39.2 Å². The van der Waals surface area contributed by atoms with Gasteiger partial charge in [-0.05, 0) is 156 Å². The molecule has 8 rings (SSSR count). The van der Waals surface area contributed by atoms with Crippen LogP contribution in [0.3, 0.4) is 0 Å². The molecule has 2 saturated heterocycles. The largest absolute Gasteiger partial charge is 0.444 e. The fourth-order valence-electron chi connectivity index (χ4n) is 8.71. The maximum Gasteiger partial charge on any atom is 0.407 e. The first-order chi connectivity index (χ1) is 35.9. The maximum absolute atomic E-state index is 13.9. The average molecular weight is 1080 g/mol. The predicted molar refractivity (Wildman–Crippen MR) is 303 cm³/mol. The predicted octanol–water partition coefficient (Wildman–Crippen LogP) is 12.5. The number of ether oxygens (including phenoxy) is 2. The molecule has 6 aromatic rings. The van der Waals surface area contributed by atoms with E-state index >= 15 is 0 Å². The van der Waals surface area contributed by atoms with Gasteiger partial charge in [0.1, 0.15) is 22.8 Å². The van der Waals surface area contributed by atoms with E-state index in [0.717, 1.165) is 74.3 Å². The summed E-state index contributed by atoms with van der Waals surface area (Å²) in [4.78, 5) is 52.3. The second-order valence-corrected chi connectivity index (χ2v) is 21.4. The second kappa shape index (κ2) is 29.0. The Morgan fingerprint density at radius 3 is 1.70 bits per heavy atom. The number of piperidine rings is 2. The summed E-state index contributed by atoms with van der Waals surface area (Å²) in [6.07, 6.45) is 6.16. The number of imidazole rings is 2. The summed E-state index contributed by atoms with van der Waals surface area (Å²) in [5.74, 6) is 0.00189. The van der Waals surface area contributed by atoms with E-state index in [1.165, 1.54) is 30.5 Å². The van der Waals surface area contributed by atoms with Crippen LogP contribution < -0.4 is 20.9 Å². The Balaban J connectivity index is 0.000000247. The molecule has 77 heavy (non-hydrogen) atoms. The summed E-state index contributed by atoms with van der Waals surface area (Å²) in [5.41, 5.74) is 4.12. The SMILES string of the molecule is C.CC(C)(C)OC(=O)N[C@H]1CCCNC1.CCN(C(C)C)C(C)C.[C-]#[N+]c1ccc(Cn2c(Cl)nc3cc(F)ccc32)nc1.[C-]#[N+]c1ccc(Cn2c(N3CCC[C@H](NC(=O)OC(C)(C)C)C3)nc3cc(F)ccc32)nc1. The monoisotopic (exact) mass is 1080 g/mol. The Labute approximate surface area is 458 Å². The molecule has 416 valence electrons. The minimum absolute atomic E-state index is 0. The molecule has 6 heterocycles. The number of anilines is 1. The summed E-state index contributed by atoms with van der Waals surface area (Å²) >= 11 is 6.08. The van der Waals surface area contributed by atoms with Gasteiger partial charge in [-0.2, -0.15) is 0 Å². The zero-order valence-electron chi connectivity index (χ0n) is 45.8. The zero-order valence-corrected chi connectivity index (χ0v) is 46.5. The van der Waals surface area contributed by atoms with Crippen molar-refractivity contribution in [3.63, 3.8) is 0 Å². The third-order valence-electron chi connectivity index (χ3n) is 12.0. The lowest BCUT2D eigenvalue weighted by Gasteiger charge is -2.34. The molecular formula is C57H78ClF2N13O4. The highest BCUT2D eigenvalue weighted by molar-refractivity contribution is 6.29. The van der Waals surface area contributed by atoms with Gasteiger partial charge in [-0.1, -0.05) is 26.5 Å². The highest BCUT2D eigenvalue weighted by Gasteiger charge is 2.28. The Hall–Kier alpha value is -6.93. The number of benzene rings is 2. The average Bonchev–Trinajstić information content (AvgIpc) is 3.86. The Bertz CT molecular complexity index is 2900. The smallest absolute Gasteiger partial charge is 0.407 e. The number of nitrogens with zero attached hydrogens (tertiary/aromatic N) is 10. The third kappa shape index (κ3) is 19.9. The first-order valence-electron chi connectivity index (χ1n) is 25.8. The van der Waals surface area contributed by atoms with Crippen LogP contribution in [0.25, 0.3) is 31.8 Å². The van der Waals surface area contributed by atoms with Crippen LogP contribution in [0, 0.1) is 24.8 Å². The summed E-state index contributed by atoms with van der Waals surface area (Å²) in [6, 6.07) is 17.4. The fraction of sp³-hybridized carbons (Fsp3) is 0.509. The molecule has 20 heteroatoms. The molecule has 2 amide bonds. The quantitative estimate of drug-likeness (QED) is 0.112. The van der Waals surface area contributed by atoms with Crippen molar-refractivity contribution in [2.24, 2.45) is 0 Å². The van der Waals surface area contributed by atoms with Gasteiger partial charge in [-0.3, -0.25) is 14.9 Å². The van der Waals surface area contributed by atoms with Gasteiger partial charge in [-0.25, -0.2) is 38.0 Å². The number of amides is 2. The minimum Gasteiger partial charge on any atom is -0.444 e. The lowest BCUT2D eigenvalue weighted by Crippen LogP contribution is -2.49. The number of carbonyl (C=O) groups is 2. The molecule has 0 aliphatic carbocycles. The van der Waals surface area contributed by atoms with Gasteiger partial charge in [0.15, 0.2) is 0 Å². The van der Waals surface area contributed by atoms with Crippen molar-refractivity contribution in [1.82, 2.24) is 49.9 Å². The van der Waals surface area contributed by atoms with Crippen LogP contribution >= 0.6 is 11.6 Å². The highest BCUT2D eigenvalue weighted by Crippen LogP contribution is 2.28. The van der Waals surface area contributed by atoms with E-state index in [1.54, 1.807) is 41.1 Å². The van der Waals surface area contributed by atoms with Crippen molar-refractivity contribution < 1.29 is 27.8 Å². The van der Waals surface area contributed by atoms with E-state index in [9.17, 15) is 18.4 Å². The van der Waals surface area contributed by atoms with Crippen LogP contribution in [0.1, 0.15) is 121 Å². The molecule has 3 N–H and O–H groups in total. The van der Waals surface area contributed by atoms with Gasteiger partial charge in [-0.15, -0.1) is 0 Å². The first kappa shape index (κ1) is 62.6. The fourth-order valence-corrected chi connectivity index (χ4v) is 8.96. The molecule has 17 nitrogen and oxygen atoms in total. The molecule has 2 aliphatic rings. The normalized spacial score (nSPS) is 15.4. The number of carbonyl (C=O) groups excluding carboxylic acids is 2.